The van der Waals surface area contributed by atoms with Gasteiger partial charge in [-0.3, -0.25) is 9.48 Å². The second-order valence-electron chi connectivity index (χ2n) is 3.88. The number of carbonyl (C=O) groups excluding carboxylic acids is 1. The van der Waals surface area contributed by atoms with Crippen molar-refractivity contribution in [1.29, 1.82) is 0 Å². The molecule has 0 saturated carbocycles. The van der Waals surface area contributed by atoms with Gasteiger partial charge in [0.05, 0.1) is 18.4 Å². The number of aldehydes is 1. The molecule has 1 aromatic heterocycles. The number of hydrogen-bond donors (Lipinski definition) is 0. The first-order valence-corrected chi connectivity index (χ1v) is 5.29. The van der Waals surface area contributed by atoms with E-state index in [1.54, 1.807) is 17.9 Å². The van der Waals surface area contributed by atoms with E-state index in [2.05, 4.69) is 5.10 Å². The van der Waals surface area contributed by atoms with Gasteiger partial charge in [0.2, 0.25) is 0 Å². The molecule has 0 unspecified atom stereocenters. The first kappa shape index (κ1) is 11.4. The lowest BCUT2D eigenvalue weighted by Gasteiger charge is -2.05. The van der Waals surface area contributed by atoms with Crippen molar-refractivity contribution >= 4 is 6.29 Å². The molecule has 0 N–H and O–H groups in total. The monoisotopic (exact) mass is 230 g/mol. The second kappa shape index (κ2) is 4.41. The maximum absolute atomic E-state index is 11.0. The van der Waals surface area contributed by atoms with Gasteiger partial charge in [0.25, 0.3) is 0 Å². The largest absolute Gasteiger partial charge is 0.496 e. The van der Waals surface area contributed by atoms with Crippen LogP contribution in [0.2, 0.25) is 0 Å². The maximum atomic E-state index is 11.0. The number of ether oxygens (including phenoxy) is 1. The van der Waals surface area contributed by atoms with Crippen LogP contribution in [0, 0.1) is 6.92 Å². The van der Waals surface area contributed by atoms with Gasteiger partial charge < -0.3 is 4.74 Å². The topological polar surface area (TPSA) is 44.1 Å². The first-order chi connectivity index (χ1) is 8.15. The third kappa shape index (κ3) is 2.06. The van der Waals surface area contributed by atoms with E-state index in [4.69, 9.17) is 4.74 Å². The Hall–Kier alpha value is -2.10. The Balaban J connectivity index is 2.53. The molecule has 2 rings (SSSR count). The molecular formula is C13H14N2O2. The van der Waals surface area contributed by atoms with Crippen molar-refractivity contribution < 1.29 is 9.53 Å². The maximum Gasteiger partial charge on any atom is 0.153 e. The average molecular weight is 230 g/mol. The van der Waals surface area contributed by atoms with Crippen LogP contribution in [-0.2, 0) is 7.05 Å². The fourth-order valence-corrected chi connectivity index (χ4v) is 1.88. The third-order valence-electron chi connectivity index (χ3n) is 2.68. The van der Waals surface area contributed by atoms with E-state index in [1.165, 1.54) is 0 Å². The molecule has 0 radical (unpaired) electrons. The molecular weight excluding hydrogens is 216 g/mol. The molecule has 0 saturated heterocycles. The summed E-state index contributed by atoms with van der Waals surface area (Å²) in [5.41, 5.74) is 3.49. The van der Waals surface area contributed by atoms with Crippen LogP contribution in [0.25, 0.3) is 11.1 Å². The highest BCUT2D eigenvalue weighted by Crippen LogP contribution is 2.27. The quantitative estimate of drug-likeness (QED) is 0.759. The van der Waals surface area contributed by atoms with Gasteiger partial charge in [-0.05, 0) is 24.6 Å². The van der Waals surface area contributed by atoms with E-state index in [-0.39, 0.29) is 0 Å². The summed E-state index contributed by atoms with van der Waals surface area (Å²) in [5.74, 6) is 0.588. The summed E-state index contributed by atoms with van der Waals surface area (Å²) >= 11 is 0. The SMILES string of the molecule is COc1ccc(-c2cn(C)nc2C)cc1C=O. The molecule has 88 valence electrons. The summed E-state index contributed by atoms with van der Waals surface area (Å²) in [6, 6.07) is 5.54. The van der Waals surface area contributed by atoms with Crippen LogP contribution < -0.4 is 4.74 Å². The minimum atomic E-state index is 0.549. The molecule has 2 aromatic rings. The Morgan fingerprint density at radius 3 is 2.71 bits per heavy atom. The minimum Gasteiger partial charge on any atom is -0.496 e. The molecule has 0 amide bonds. The standard InChI is InChI=1S/C13H14N2O2/c1-9-12(7-15(2)14-9)10-4-5-13(17-3)11(6-10)8-16/h4-8H,1-3H3. The predicted molar refractivity (Wildman–Crippen MR) is 65.3 cm³/mol. The zero-order valence-corrected chi connectivity index (χ0v) is 10.1. The summed E-state index contributed by atoms with van der Waals surface area (Å²) in [6.45, 7) is 1.94. The van der Waals surface area contributed by atoms with Gasteiger partial charge in [0, 0.05) is 18.8 Å². The molecule has 0 aliphatic rings. The Bertz CT molecular complexity index is 559. The smallest absolute Gasteiger partial charge is 0.153 e. The van der Waals surface area contributed by atoms with Crippen molar-refractivity contribution in [3.05, 3.63) is 35.7 Å². The number of carbonyl (C=O) groups is 1. The zero-order chi connectivity index (χ0) is 12.4. The van der Waals surface area contributed by atoms with E-state index in [9.17, 15) is 4.79 Å². The molecule has 1 heterocycles. The number of nitrogens with zero attached hydrogens (tertiary/aromatic N) is 2. The Labute approximate surface area is 99.8 Å². The second-order valence-corrected chi connectivity index (χ2v) is 3.88. The highest BCUT2D eigenvalue weighted by atomic mass is 16.5. The number of aromatic nitrogens is 2. The Morgan fingerprint density at radius 2 is 2.18 bits per heavy atom. The molecule has 4 heteroatoms. The van der Waals surface area contributed by atoms with Crippen LogP contribution in [0.4, 0.5) is 0 Å². The van der Waals surface area contributed by atoms with Gasteiger partial charge in [-0.1, -0.05) is 6.07 Å². The highest BCUT2D eigenvalue weighted by Gasteiger charge is 2.09. The molecule has 4 nitrogen and oxygen atoms in total. The van der Waals surface area contributed by atoms with Gasteiger partial charge in [-0.2, -0.15) is 5.10 Å². The number of methoxy groups -OCH3 is 1. The summed E-state index contributed by atoms with van der Waals surface area (Å²) in [6.07, 6.45) is 2.74. The van der Waals surface area contributed by atoms with Gasteiger partial charge >= 0.3 is 0 Å². The highest BCUT2D eigenvalue weighted by molar-refractivity contribution is 5.83. The molecule has 0 aliphatic carbocycles. The van der Waals surface area contributed by atoms with Gasteiger partial charge in [0.15, 0.2) is 6.29 Å². The van der Waals surface area contributed by atoms with E-state index >= 15 is 0 Å². The average Bonchev–Trinajstić information content (AvgIpc) is 2.67. The van der Waals surface area contributed by atoms with E-state index in [0.29, 0.717) is 11.3 Å². The lowest BCUT2D eigenvalue weighted by Crippen LogP contribution is -1.91. The summed E-state index contributed by atoms with van der Waals surface area (Å²) in [7, 11) is 3.43. The molecule has 0 bridgehead atoms. The van der Waals surface area contributed by atoms with Crippen molar-refractivity contribution in [2.45, 2.75) is 6.92 Å². The van der Waals surface area contributed by atoms with Crippen molar-refractivity contribution in [3.63, 3.8) is 0 Å². The molecule has 0 aliphatic heterocycles. The van der Waals surface area contributed by atoms with Crippen LogP contribution in [0.5, 0.6) is 5.75 Å². The van der Waals surface area contributed by atoms with Crippen molar-refractivity contribution in [2.24, 2.45) is 7.05 Å². The van der Waals surface area contributed by atoms with E-state index < -0.39 is 0 Å². The summed E-state index contributed by atoms with van der Waals surface area (Å²) < 4.78 is 6.87. The summed E-state index contributed by atoms with van der Waals surface area (Å²) in [4.78, 5) is 11.0. The van der Waals surface area contributed by atoms with E-state index in [1.807, 2.05) is 32.3 Å². The van der Waals surface area contributed by atoms with Crippen molar-refractivity contribution in [3.8, 4) is 16.9 Å². The van der Waals surface area contributed by atoms with E-state index in [0.717, 1.165) is 23.1 Å². The lowest BCUT2D eigenvalue weighted by atomic mass is 10.0. The predicted octanol–water partition coefficient (Wildman–Crippen LogP) is 2.22. The van der Waals surface area contributed by atoms with Crippen LogP contribution in [0.3, 0.4) is 0 Å². The lowest BCUT2D eigenvalue weighted by molar-refractivity contribution is 0.112. The molecule has 0 spiro atoms. The number of benzene rings is 1. The first-order valence-electron chi connectivity index (χ1n) is 5.29. The van der Waals surface area contributed by atoms with Crippen LogP contribution in [-0.4, -0.2) is 23.2 Å². The van der Waals surface area contributed by atoms with Crippen LogP contribution in [0.1, 0.15) is 16.1 Å². The Kier molecular flexibility index (Phi) is 2.95. The third-order valence-corrected chi connectivity index (χ3v) is 2.68. The van der Waals surface area contributed by atoms with Gasteiger partial charge in [-0.15, -0.1) is 0 Å². The van der Waals surface area contributed by atoms with Crippen molar-refractivity contribution in [1.82, 2.24) is 9.78 Å². The number of rotatable bonds is 3. The fraction of sp³-hybridized carbons (Fsp3) is 0.231. The van der Waals surface area contributed by atoms with Crippen molar-refractivity contribution in [2.75, 3.05) is 7.11 Å². The van der Waals surface area contributed by atoms with Gasteiger partial charge in [0.1, 0.15) is 5.75 Å². The normalized spacial score (nSPS) is 10.3. The Morgan fingerprint density at radius 1 is 1.41 bits per heavy atom. The molecule has 1 aromatic carbocycles. The molecule has 0 atom stereocenters. The summed E-state index contributed by atoms with van der Waals surface area (Å²) in [5, 5.41) is 4.28. The molecule has 17 heavy (non-hydrogen) atoms. The van der Waals surface area contributed by atoms with Crippen LogP contribution in [0.15, 0.2) is 24.4 Å². The van der Waals surface area contributed by atoms with Crippen LogP contribution >= 0.6 is 0 Å². The zero-order valence-electron chi connectivity index (χ0n) is 10.1. The number of hydrogen-bond acceptors (Lipinski definition) is 3. The van der Waals surface area contributed by atoms with Gasteiger partial charge in [-0.25, -0.2) is 0 Å². The molecule has 0 fully saturated rings. The number of aryl methyl sites for hydroxylation is 2. The minimum absolute atomic E-state index is 0.549. The fourth-order valence-electron chi connectivity index (χ4n) is 1.88.